The van der Waals surface area contributed by atoms with Gasteiger partial charge in [-0.2, -0.15) is 0 Å². The van der Waals surface area contributed by atoms with E-state index in [2.05, 4.69) is 0 Å². The zero-order valence-electron chi connectivity index (χ0n) is 13.5. The number of carbonyl (C=O) groups excluding carboxylic acids is 1. The molecule has 0 aliphatic rings. The van der Waals surface area contributed by atoms with Crippen LogP contribution in [-0.2, 0) is 13.1 Å². The summed E-state index contributed by atoms with van der Waals surface area (Å²) in [5.74, 6) is -0.177. The molecule has 0 N–H and O–H groups in total. The SMILES string of the molecule is O=C(c1c(Cl)cccc1Cl)N(Cc1ccccc1)Cc1ccccc1. The maximum atomic E-state index is 13.2. The normalized spacial score (nSPS) is 10.5. The minimum absolute atomic E-state index is 0.177. The summed E-state index contributed by atoms with van der Waals surface area (Å²) in [6.45, 7) is 0.965. The molecule has 4 heteroatoms. The molecule has 3 rings (SSSR count). The van der Waals surface area contributed by atoms with Gasteiger partial charge in [-0.25, -0.2) is 0 Å². The van der Waals surface area contributed by atoms with Crippen LogP contribution in [-0.4, -0.2) is 10.8 Å². The van der Waals surface area contributed by atoms with Crippen LogP contribution in [0.15, 0.2) is 78.9 Å². The molecule has 1 amide bonds. The van der Waals surface area contributed by atoms with Crippen LogP contribution >= 0.6 is 23.2 Å². The first-order valence-corrected chi connectivity index (χ1v) is 8.72. The van der Waals surface area contributed by atoms with E-state index in [9.17, 15) is 4.79 Å². The number of halogens is 2. The third-order valence-corrected chi connectivity index (χ3v) is 4.53. The van der Waals surface area contributed by atoms with Crippen molar-refractivity contribution in [2.75, 3.05) is 0 Å². The van der Waals surface area contributed by atoms with Gasteiger partial charge in [0.25, 0.3) is 5.91 Å². The largest absolute Gasteiger partial charge is 0.330 e. The molecule has 0 spiro atoms. The Morgan fingerprint density at radius 2 is 1.12 bits per heavy atom. The Morgan fingerprint density at radius 3 is 1.56 bits per heavy atom. The van der Waals surface area contributed by atoms with E-state index in [-0.39, 0.29) is 5.91 Å². The standard InChI is InChI=1S/C21H17Cl2NO/c22-18-12-7-13-19(23)20(18)21(25)24(14-16-8-3-1-4-9-16)15-17-10-5-2-6-11-17/h1-13H,14-15H2. The average molecular weight is 370 g/mol. The van der Waals surface area contributed by atoms with Crippen LogP contribution in [0.2, 0.25) is 10.0 Å². The second-order valence-electron chi connectivity index (χ2n) is 5.73. The summed E-state index contributed by atoms with van der Waals surface area (Å²) < 4.78 is 0. The molecule has 0 unspecified atom stereocenters. The molecular weight excluding hydrogens is 353 g/mol. The molecule has 25 heavy (non-hydrogen) atoms. The van der Waals surface area contributed by atoms with Crippen LogP contribution in [0.1, 0.15) is 21.5 Å². The van der Waals surface area contributed by atoms with Gasteiger partial charge in [0, 0.05) is 13.1 Å². The summed E-state index contributed by atoms with van der Waals surface area (Å²) in [6, 6.07) is 24.9. The smallest absolute Gasteiger partial charge is 0.257 e. The van der Waals surface area contributed by atoms with E-state index < -0.39 is 0 Å². The van der Waals surface area contributed by atoms with Crippen molar-refractivity contribution in [3.63, 3.8) is 0 Å². The molecule has 2 nitrogen and oxygen atoms in total. The van der Waals surface area contributed by atoms with Crippen molar-refractivity contribution in [3.8, 4) is 0 Å². The van der Waals surface area contributed by atoms with Crippen molar-refractivity contribution >= 4 is 29.1 Å². The molecule has 0 bridgehead atoms. The Bertz CT molecular complexity index is 789. The first-order chi connectivity index (χ1) is 12.1. The van der Waals surface area contributed by atoms with E-state index in [1.54, 1.807) is 23.1 Å². The molecule has 3 aromatic carbocycles. The number of hydrogen-bond donors (Lipinski definition) is 0. The molecule has 0 fully saturated rings. The van der Waals surface area contributed by atoms with Gasteiger partial charge >= 0.3 is 0 Å². The molecule has 0 radical (unpaired) electrons. The lowest BCUT2D eigenvalue weighted by molar-refractivity contribution is 0.0730. The Kier molecular flexibility index (Phi) is 5.75. The van der Waals surface area contributed by atoms with Gasteiger partial charge in [-0.1, -0.05) is 89.9 Å². The van der Waals surface area contributed by atoms with Gasteiger partial charge in [-0.05, 0) is 23.3 Å². The van der Waals surface area contributed by atoms with E-state index in [1.165, 1.54) is 0 Å². The fraction of sp³-hybridized carbons (Fsp3) is 0.0952. The van der Waals surface area contributed by atoms with Gasteiger partial charge in [0.15, 0.2) is 0 Å². The maximum Gasteiger partial charge on any atom is 0.257 e. The van der Waals surface area contributed by atoms with Crippen LogP contribution in [0.5, 0.6) is 0 Å². The summed E-state index contributed by atoms with van der Waals surface area (Å²) in [4.78, 5) is 14.9. The quantitative estimate of drug-likeness (QED) is 0.553. The molecule has 0 saturated heterocycles. The maximum absolute atomic E-state index is 13.2. The number of benzene rings is 3. The van der Waals surface area contributed by atoms with Gasteiger partial charge < -0.3 is 4.90 Å². The number of carbonyl (C=O) groups is 1. The second-order valence-corrected chi connectivity index (χ2v) is 6.54. The molecular formula is C21H17Cl2NO. The van der Waals surface area contributed by atoms with Crippen LogP contribution in [0.4, 0.5) is 0 Å². The summed E-state index contributed by atoms with van der Waals surface area (Å²) in [7, 11) is 0. The third-order valence-electron chi connectivity index (χ3n) is 3.90. The van der Waals surface area contributed by atoms with Gasteiger partial charge in [-0.3, -0.25) is 4.79 Å². The van der Waals surface area contributed by atoms with Crippen molar-refractivity contribution in [1.29, 1.82) is 0 Å². The highest BCUT2D eigenvalue weighted by Crippen LogP contribution is 2.27. The van der Waals surface area contributed by atoms with Crippen LogP contribution in [0.25, 0.3) is 0 Å². The Labute approximate surface area is 157 Å². The van der Waals surface area contributed by atoms with Crippen molar-refractivity contribution in [3.05, 3.63) is 106 Å². The van der Waals surface area contributed by atoms with E-state index in [4.69, 9.17) is 23.2 Å². The highest BCUT2D eigenvalue weighted by Gasteiger charge is 2.21. The first kappa shape index (κ1) is 17.5. The van der Waals surface area contributed by atoms with Gasteiger partial charge in [0.2, 0.25) is 0 Å². The third kappa shape index (κ3) is 4.41. The Balaban J connectivity index is 1.93. The summed E-state index contributed by atoms with van der Waals surface area (Å²) >= 11 is 12.5. The minimum Gasteiger partial charge on any atom is -0.330 e. The first-order valence-electron chi connectivity index (χ1n) is 7.96. The number of hydrogen-bond acceptors (Lipinski definition) is 1. The minimum atomic E-state index is -0.177. The van der Waals surface area contributed by atoms with Gasteiger partial charge in [0.05, 0.1) is 15.6 Å². The molecule has 0 aromatic heterocycles. The average Bonchev–Trinajstić information content (AvgIpc) is 2.63. The Hall–Kier alpha value is -2.29. The van der Waals surface area contributed by atoms with E-state index in [0.29, 0.717) is 28.7 Å². The molecule has 0 aliphatic heterocycles. The van der Waals surface area contributed by atoms with Crippen LogP contribution in [0, 0.1) is 0 Å². The van der Waals surface area contributed by atoms with E-state index in [0.717, 1.165) is 11.1 Å². The van der Waals surface area contributed by atoms with Gasteiger partial charge in [-0.15, -0.1) is 0 Å². The van der Waals surface area contributed by atoms with Gasteiger partial charge in [0.1, 0.15) is 0 Å². The second kappa shape index (κ2) is 8.19. The molecule has 0 aliphatic carbocycles. The fourth-order valence-electron chi connectivity index (χ4n) is 2.67. The predicted molar refractivity (Wildman–Crippen MR) is 103 cm³/mol. The molecule has 126 valence electrons. The zero-order valence-corrected chi connectivity index (χ0v) is 15.0. The van der Waals surface area contributed by atoms with Crippen molar-refractivity contribution in [2.45, 2.75) is 13.1 Å². The summed E-state index contributed by atoms with van der Waals surface area (Å²) in [5, 5.41) is 0.729. The molecule has 3 aromatic rings. The highest BCUT2D eigenvalue weighted by atomic mass is 35.5. The summed E-state index contributed by atoms with van der Waals surface area (Å²) in [6.07, 6.45) is 0. The van der Waals surface area contributed by atoms with E-state index >= 15 is 0 Å². The Morgan fingerprint density at radius 1 is 0.680 bits per heavy atom. The summed E-state index contributed by atoms with van der Waals surface area (Å²) in [5.41, 5.74) is 2.45. The number of rotatable bonds is 5. The van der Waals surface area contributed by atoms with E-state index in [1.807, 2.05) is 60.7 Å². The number of amides is 1. The van der Waals surface area contributed by atoms with Crippen molar-refractivity contribution < 1.29 is 4.79 Å². The highest BCUT2D eigenvalue weighted by molar-refractivity contribution is 6.39. The number of nitrogens with zero attached hydrogens (tertiary/aromatic N) is 1. The molecule has 0 heterocycles. The zero-order chi connectivity index (χ0) is 17.6. The lowest BCUT2D eigenvalue weighted by atomic mass is 10.1. The lowest BCUT2D eigenvalue weighted by Gasteiger charge is -2.24. The predicted octanol–water partition coefficient (Wildman–Crippen LogP) is 5.84. The lowest BCUT2D eigenvalue weighted by Crippen LogP contribution is -2.30. The fourth-order valence-corrected chi connectivity index (χ4v) is 3.23. The van der Waals surface area contributed by atoms with Crippen LogP contribution in [0.3, 0.4) is 0 Å². The topological polar surface area (TPSA) is 20.3 Å². The van der Waals surface area contributed by atoms with Crippen LogP contribution < -0.4 is 0 Å². The van der Waals surface area contributed by atoms with Crippen molar-refractivity contribution in [2.24, 2.45) is 0 Å². The van der Waals surface area contributed by atoms with Crippen molar-refractivity contribution in [1.82, 2.24) is 4.90 Å². The molecule has 0 saturated carbocycles. The monoisotopic (exact) mass is 369 g/mol. The molecule has 0 atom stereocenters.